The Labute approximate surface area is 173 Å². The molecule has 2 aromatic carbocycles. The number of aromatic nitrogens is 3. The summed E-state index contributed by atoms with van der Waals surface area (Å²) in [7, 11) is 2.09. The van der Waals surface area contributed by atoms with Crippen molar-refractivity contribution in [1.82, 2.24) is 19.7 Å². The van der Waals surface area contributed by atoms with Gasteiger partial charge in [-0.05, 0) is 81.9 Å². The Morgan fingerprint density at radius 1 is 1.10 bits per heavy atom. The molecule has 2 aromatic heterocycles. The first-order valence-corrected chi connectivity index (χ1v) is 10.2. The first-order chi connectivity index (χ1) is 14.6. The number of rotatable bonds is 9. The van der Waals surface area contributed by atoms with Gasteiger partial charge in [0.1, 0.15) is 5.82 Å². The maximum absolute atomic E-state index is 13.1. The molecule has 0 saturated heterocycles. The molecule has 7 heteroatoms. The van der Waals surface area contributed by atoms with Crippen LogP contribution < -0.4 is 5.76 Å². The maximum Gasteiger partial charge on any atom is 0.419 e. The smallest absolute Gasteiger partial charge is 0.408 e. The minimum absolute atomic E-state index is 0.247. The normalized spacial score (nSPS) is 11.6. The van der Waals surface area contributed by atoms with Crippen molar-refractivity contribution in [1.29, 1.82) is 0 Å². The molecule has 4 aromatic rings. The zero-order chi connectivity index (χ0) is 20.9. The number of hydrogen-bond donors (Lipinski definition) is 1. The van der Waals surface area contributed by atoms with Crippen molar-refractivity contribution >= 4 is 11.1 Å². The molecule has 0 bridgehead atoms. The lowest BCUT2D eigenvalue weighted by Crippen LogP contribution is -2.24. The molecule has 0 atom stereocenters. The van der Waals surface area contributed by atoms with Gasteiger partial charge in [0.2, 0.25) is 0 Å². The van der Waals surface area contributed by atoms with E-state index in [4.69, 9.17) is 4.42 Å². The zero-order valence-corrected chi connectivity index (χ0v) is 17.0. The lowest BCUT2D eigenvalue weighted by atomic mass is 10.1. The summed E-state index contributed by atoms with van der Waals surface area (Å²) in [6, 6.07) is 15.9. The summed E-state index contributed by atoms with van der Waals surface area (Å²) in [5.74, 6) is -0.543. The summed E-state index contributed by atoms with van der Waals surface area (Å²) in [6.45, 7) is 2.49. The third-order valence-corrected chi connectivity index (χ3v) is 5.25. The number of H-pyrrole nitrogens is 1. The Bertz CT molecular complexity index is 1160. The van der Waals surface area contributed by atoms with Gasteiger partial charge in [0, 0.05) is 17.8 Å². The monoisotopic (exact) mass is 408 g/mol. The Balaban J connectivity index is 1.22. The van der Waals surface area contributed by atoms with E-state index in [0.717, 1.165) is 54.8 Å². The first-order valence-electron chi connectivity index (χ1n) is 10.2. The standard InChI is InChI=1S/C23H25FN4O2/c1-27(14-5-15-28-21-7-2-3-8-22(21)30-23(28)29)13-4-6-19-16-20(26-25-19)17-9-11-18(24)12-10-17/h2-3,7-12,16H,4-6,13-15H2,1H3,(H,25,26). The lowest BCUT2D eigenvalue weighted by Gasteiger charge is -2.16. The second kappa shape index (κ2) is 9.09. The average Bonchev–Trinajstić information content (AvgIpc) is 3.33. The van der Waals surface area contributed by atoms with Crippen molar-refractivity contribution in [3.05, 3.63) is 76.7 Å². The molecule has 0 fully saturated rings. The van der Waals surface area contributed by atoms with Crippen molar-refractivity contribution in [2.45, 2.75) is 25.8 Å². The molecule has 0 saturated carbocycles. The van der Waals surface area contributed by atoms with Crippen LogP contribution in [0.5, 0.6) is 0 Å². The number of oxazole rings is 1. The van der Waals surface area contributed by atoms with Crippen LogP contribution in [0.25, 0.3) is 22.4 Å². The summed E-state index contributed by atoms with van der Waals surface area (Å²) in [4.78, 5) is 14.3. The SMILES string of the molecule is CN(CCCc1cc(-c2ccc(F)cc2)n[nH]1)CCCn1c(=O)oc2ccccc21. The summed E-state index contributed by atoms with van der Waals surface area (Å²) in [5.41, 5.74) is 4.28. The summed E-state index contributed by atoms with van der Waals surface area (Å²) in [5, 5.41) is 7.39. The molecule has 1 N–H and O–H groups in total. The van der Waals surface area contributed by atoms with Crippen LogP contribution in [0, 0.1) is 5.82 Å². The van der Waals surface area contributed by atoms with Crippen molar-refractivity contribution in [2.24, 2.45) is 0 Å². The second-order valence-electron chi connectivity index (χ2n) is 7.53. The number of para-hydroxylation sites is 2. The van der Waals surface area contributed by atoms with Gasteiger partial charge in [-0.1, -0.05) is 12.1 Å². The van der Waals surface area contributed by atoms with Crippen LogP contribution in [0.3, 0.4) is 0 Å². The molecule has 0 amide bonds. The van der Waals surface area contributed by atoms with Gasteiger partial charge >= 0.3 is 5.76 Å². The van der Waals surface area contributed by atoms with Crippen molar-refractivity contribution < 1.29 is 8.81 Å². The Morgan fingerprint density at radius 3 is 2.70 bits per heavy atom. The largest absolute Gasteiger partial charge is 0.419 e. The highest BCUT2D eigenvalue weighted by molar-refractivity contribution is 5.72. The van der Waals surface area contributed by atoms with Gasteiger partial charge in [0.25, 0.3) is 0 Å². The fourth-order valence-electron chi connectivity index (χ4n) is 3.63. The van der Waals surface area contributed by atoms with Crippen LogP contribution >= 0.6 is 0 Å². The Morgan fingerprint density at radius 2 is 1.87 bits per heavy atom. The molecular weight excluding hydrogens is 383 g/mol. The topological polar surface area (TPSA) is 67.1 Å². The molecule has 4 rings (SSSR count). The molecule has 0 aliphatic rings. The van der Waals surface area contributed by atoms with Crippen LogP contribution in [-0.4, -0.2) is 39.8 Å². The van der Waals surface area contributed by atoms with Crippen molar-refractivity contribution in [3.8, 4) is 11.3 Å². The van der Waals surface area contributed by atoms with Crippen molar-refractivity contribution in [2.75, 3.05) is 20.1 Å². The molecule has 30 heavy (non-hydrogen) atoms. The van der Waals surface area contributed by atoms with Crippen LogP contribution in [0.4, 0.5) is 4.39 Å². The second-order valence-corrected chi connectivity index (χ2v) is 7.53. The van der Waals surface area contributed by atoms with Crippen LogP contribution in [0.1, 0.15) is 18.5 Å². The van der Waals surface area contributed by atoms with Crippen LogP contribution in [0.15, 0.2) is 63.8 Å². The van der Waals surface area contributed by atoms with E-state index in [9.17, 15) is 9.18 Å². The lowest BCUT2D eigenvalue weighted by molar-refractivity contribution is 0.315. The summed E-state index contributed by atoms with van der Waals surface area (Å²) >= 11 is 0. The number of fused-ring (bicyclic) bond motifs is 1. The third-order valence-electron chi connectivity index (χ3n) is 5.25. The van der Waals surface area contributed by atoms with E-state index in [1.807, 2.05) is 30.3 Å². The maximum atomic E-state index is 13.1. The van der Waals surface area contributed by atoms with Crippen LogP contribution in [-0.2, 0) is 13.0 Å². The summed E-state index contributed by atoms with van der Waals surface area (Å²) in [6.07, 6.45) is 2.76. The molecule has 6 nitrogen and oxygen atoms in total. The molecule has 156 valence electrons. The highest BCUT2D eigenvalue weighted by Crippen LogP contribution is 2.18. The number of aromatic amines is 1. The molecular formula is C23H25FN4O2. The predicted molar refractivity (Wildman–Crippen MR) is 115 cm³/mol. The Kier molecular flexibility index (Phi) is 6.09. The van der Waals surface area contributed by atoms with E-state index < -0.39 is 0 Å². The summed E-state index contributed by atoms with van der Waals surface area (Å²) < 4.78 is 20.0. The number of benzene rings is 2. The van der Waals surface area contributed by atoms with Gasteiger partial charge in [-0.3, -0.25) is 9.67 Å². The number of aryl methyl sites for hydroxylation is 2. The first kappa shape index (κ1) is 20.1. The minimum Gasteiger partial charge on any atom is -0.408 e. The molecule has 0 unspecified atom stereocenters. The van der Waals surface area contributed by atoms with Gasteiger partial charge in [0.15, 0.2) is 5.58 Å². The van der Waals surface area contributed by atoms with Gasteiger partial charge in [-0.15, -0.1) is 0 Å². The van der Waals surface area contributed by atoms with E-state index >= 15 is 0 Å². The fraction of sp³-hybridized carbons (Fsp3) is 0.304. The molecule has 0 spiro atoms. The molecule has 2 heterocycles. The average molecular weight is 408 g/mol. The van der Waals surface area contributed by atoms with Gasteiger partial charge in [-0.2, -0.15) is 5.10 Å². The van der Waals surface area contributed by atoms with Gasteiger partial charge < -0.3 is 9.32 Å². The highest BCUT2D eigenvalue weighted by atomic mass is 19.1. The van der Waals surface area contributed by atoms with Crippen LogP contribution in [0.2, 0.25) is 0 Å². The van der Waals surface area contributed by atoms with Crippen molar-refractivity contribution in [3.63, 3.8) is 0 Å². The van der Waals surface area contributed by atoms with E-state index in [0.29, 0.717) is 12.1 Å². The minimum atomic E-state index is -0.296. The van der Waals surface area contributed by atoms with E-state index in [1.165, 1.54) is 12.1 Å². The highest BCUT2D eigenvalue weighted by Gasteiger charge is 2.09. The Hall–Kier alpha value is -3.19. The third kappa shape index (κ3) is 4.68. The number of halogens is 1. The molecule has 0 radical (unpaired) electrons. The number of nitrogens with zero attached hydrogens (tertiary/aromatic N) is 3. The zero-order valence-electron chi connectivity index (χ0n) is 17.0. The van der Waals surface area contributed by atoms with E-state index in [1.54, 1.807) is 16.7 Å². The number of nitrogens with one attached hydrogen (secondary N) is 1. The van der Waals surface area contributed by atoms with E-state index in [2.05, 4.69) is 22.1 Å². The number of hydrogen-bond acceptors (Lipinski definition) is 4. The molecule has 0 aliphatic heterocycles. The predicted octanol–water partition coefficient (Wildman–Crippen LogP) is 4.08. The van der Waals surface area contributed by atoms with Gasteiger partial charge in [0.05, 0.1) is 11.2 Å². The molecule has 0 aliphatic carbocycles. The quantitative estimate of drug-likeness (QED) is 0.453. The van der Waals surface area contributed by atoms with E-state index in [-0.39, 0.29) is 11.6 Å². The fourth-order valence-corrected chi connectivity index (χ4v) is 3.63. The van der Waals surface area contributed by atoms with Gasteiger partial charge in [-0.25, -0.2) is 9.18 Å².